The van der Waals surface area contributed by atoms with Crippen molar-refractivity contribution in [2.24, 2.45) is 4.99 Å². The van der Waals surface area contributed by atoms with Gasteiger partial charge in [-0.1, -0.05) is 18.2 Å². The van der Waals surface area contributed by atoms with Crippen molar-refractivity contribution in [1.29, 1.82) is 0 Å². The van der Waals surface area contributed by atoms with E-state index in [1.165, 1.54) is 11.3 Å². The van der Waals surface area contributed by atoms with Crippen LogP contribution in [0.1, 0.15) is 12.5 Å². The molecular weight excluding hydrogens is 336 g/mol. The minimum atomic E-state index is 0.691. The molecule has 2 aromatic rings. The highest BCUT2D eigenvalue weighted by Crippen LogP contribution is 2.14. The number of nitrogens with one attached hydrogen (secondary N) is 1. The summed E-state index contributed by atoms with van der Waals surface area (Å²) in [6, 6.07) is 14.7. The normalized spacial score (nSPS) is 15.0. The van der Waals surface area contributed by atoms with Gasteiger partial charge in [0.05, 0.1) is 6.54 Å². The zero-order valence-electron chi connectivity index (χ0n) is 16.6. The molecule has 1 N–H and O–H groups in total. The molecule has 2 heterocycles. The first-order chi connectivity index (χ1) is 13.2. The Hall–Kier alpha value is -2.76. The summed E-state index contributed by atoms with van der Waals surface area (Å²) < 4.78 is 0. The van der Waals surface area contributed by atoms with Crippen molar-refractivity contribution >= 4 is 17.5 Å². The summed E-state index contributed by atoms with van der Waals surface area (Å²) in [5.74, 6) is 2.05. The predicted molar refractivity (Wildman–Crippen MR) is 114 cm³/mol. The first-order valence-corrected chi connectivity index (χ1v) is 9.63. The second-order valence-electron chi connectivity index (χ2n) is 6.89. The van der Waals surface area contributed by atoms with Gasteiger partial charge in [-0.05, 0) is 36.8 Å². The Morgan fingerprint density at radius 2 is 1.81 bits per heavy atom. The van der Waals surface area contributed by atoms with Crippen molar-refractivity contribution < 1.29 is 0 Å². The van der Waals surface area contributed by atoms with E-state index in [1.54, 1.807) is 0 Å². The quantitative estimate of drug-likeness (QED) is 0.651. The first-order valence-electron chi connectivity index (χ1n) is 9.63. The SMILES string of the molecule is CCNC(=NCc1ccc(N(C)C)cc1)N1CCN(c2ccccn2)CC1. The summed E-state index contributed by atoms with van der Waals surface area (Å²) in [4.78, 5) is 16.1. The summed E-state index contributed by atoms with van der Waals surface area (Å²) >= 11 is 0. The number of pyridine rings is 1. The zero-order chi connectivity index (χ0) is 19.1. The van der Waals surface area contributed by atoms with Gasteiger partial charge in [0.15, 0.2) is 5.96 Å². The number of aliphatic imine (C=N–C) groups is 1. The van der Waals surface area contributed by atoms with Crippen LogP contribution >= 0.6 is 0 Å². The van der Waals surface area contributed by atoms with E-state index in [4.69, 9.17) is 4.99 Å². The van der Waals surface area contributed by atoms with Crippen molar-refractivity contribution in [3.63, 3.8) is 0 Å². The Labute approximate surface area is 162 Å². The summed E-state index contributed by atoms with van der Waals surface area (Å²) in [6.07, 6.45) is 1.86. The largest absolute Gasteiger partial charge is 0.378 e. The maximum atomic E-state index is 4.86. The number of guanidine groups is 1. The van der Waals surface area contributed by atoms with Gasteiger partial charge < -0.3 is 20.0 Å². The molecule has 0 unspecified atom stereocenters. The molecule has 1 fully saturated rings. The average molecular weight is 367 g/mol. The van der Waals surface area contributed by atoms with Crippen molar-refractivity contribution in [1.82, 2.24) is 15.2 Å². The third kappa shape index (κ3) is 5.12. The molecule has 0 spiro atoms. The molecule has 0 atom stereocenters. The molecule has 0 radical (unpaired) electrons. The molecule has 27 heavy (non-hydrogen) atoms. The van der Waals surface area contributed by atoms with E-state index in [1.807, 2.05) is 18.3 Å². The van der Waals surface area contributed by atoms with Gasteiger partial charge in [-0.15, -0.1) is 0 Å². The van der Waals surface area contributed by atoms with E-state index in [-0.39, 0.29) is 0 Å². The molecule has 0 aliphatic carbocycles. The number of rotatable bonds is 5. The van der Waals surface area contributed by atoms with E-state index >= 15 is 0 Å². The average Bonchev–Trinajstić information content (AvgIpc) is 2.72. The van der Waals surface area contributed by atoms with Crippen LogP contribution in [0.3, 0.4) is 0 Å². The highest BCUT2D eigenvalue weighted by atomic mass is 15.4. The zero-order valence-corrected chi connectivity index (χ0v) is 16.6. The van der Waals surface area contributed by atoms with Crippen LogP contribution in [0.2, 0.25) is 0 Å². The lowest BCUT2D eigenvalue weighted by Gasteiger charge is -2.37. The van der Waals surface area contributed by atoms with Gasteiger partial charge in [-0.2, -0.15) is 0 Å². The van der Waals surface area contributed by atoms with Gasteiger partial charge in [0.2, 0.25) is 0 Å². The fourth-order valence-corrected chi connectivity index (χ4v) is 3.18. The first kappa shape index (κ1) is 19.0. The fraction of sp³-hybridized carbons (Fsp3) is 0.429. The van der Waals surface area contributed by atoms with Gasteiger partial charge in [-0.25, -0.2) is 9.98 Å². The van der Waals surface area contributed by atoms with Crippen molar-refractivity contribution in [3.05, 3.63) is 54.2 Å². The van der Waals surface area contributed by atoms with E-state index in [0.717, 1.165) is 44.5 Å². The van der Waals surface area contributed by atoms with Crippen LogP contribution in [-0.2, 0) is 6.54 Å². The smallest absolute Gasteiger partial charge is 0.194 e. The molecule has 3 rings (SSSR count). The molecule has 0 bridgehead atoms. The Morgan fingerprint density at radius 3 is 2.41 bits per heavy atom. The van der Waals surface area contributed by atoms with Gasteiger partial charge in [0, 0.05) is 58.7 Å². The van der Waals surface area contributed by atoms with E-state index in [9.17, 15) is 0 Å². The maximum Gasteiger partial charge on any atom is 0.194 e. The summed E-state index contributed by atoms with van der Waals surface area (Å²) in [6.45, 7) is 7.49. The van der Waals surface area contributed by atoms with Crippen molar-refractivity contribution in [2.45, 2.75) is 13.5 Å². The third-order valence-corrected chi connectivity index (χ3v) is 4.75. The van der Waals surface area contributed by atoms with Crippen molar-refractivity contribution in [2.75, 3.05) is 56.6 Å². The van der Waals surface area contributed by atoms with Crippen LogP contribution in [0.4, 0.5) is 11.5 Å². The third-order valence-electron chi connectivity index (χ3n) is 4.75. The summed E-state index contributed by atoms with van der Waals surface area (Å²) in [7, 11) is 4.11. The molecule has 6 nitrogen and oxygen atoms in total. The molecule has 1 aromatic carbocycles. The molecule has 1 saturated heterocycles. The fourth-order valence-electron chi connectivity index (χ4n) is 3.18. The van der Waals surface area contributed by atoms with Crippen LogP contribution in [0.15, 0.2) is 53.7 Å². The topological polar surface area (TPSA) is 47.0 Å². The highest BCUT2D eigenvalue weighted by Gasteiger charge is 2.20. The predicted octanol–water partition coefficient (Wildman–Crippen LogP) is 2.44. The molecule has 144 valence electrons. The van der Waals surface area contributed by atoms with E-state index < -0.39 is 0 Å². The van der Waals surface area contributed by atoms with Gasteiger partial charge >= 0.3 is 0 Å². The van der Waals surface area contributed by atoms with Crippen molar-refractivity contribution in [3.8, 4) is 0 Å². The number of benzene rings is 1. The second-order valence-corrected chi connectivity index (χ2v) is 6.89. The van der Waals surface area contributed by atoms with Crippen LogP contribution < -0.4 is 15.1 Å². The van der Waals surface area contributed by atoms with E-state index in [0.29, 0.717) is 6.54 Å². The molecule has 0 saturated carbocycles. The Morgan fingerprint density at radius 1 is 1.07 bits per heavy atom. The minimum Gasteiger partial charge on any atom is -0.378 e. The number of hydrogen-bond donors (Lipinski definition) is 1. The molecule has 6 heteroatoms. The van der Waals surface area contributed by atoms with E-state index in [2.05, 4.69) is 76.4 Å². The van der Waals surface area contributed by atoms with Crippen LogP contribution in [0, 0.1) is 0 Å². The number of piperazine rings is 1. The van der Waals surface area contributed by atoms with Crippen LogP contribution in [-0.4, -0.2) is 62.7 Å². The van der Waals surface area contributed by atoms with Crippen LogP contribution in [0.5, 0.6) is 0 Å². The molecule has 0 amide bonds. The Balaban J connectivity index is 1.61. The Kier molecular flexibility index (Phi) is 6.52. The molecule has 1 aliphatic heterocycles. The summed E-state index contributed by atoms with van der Waals surface area (Å²) in [5.41, 5.74) is 2.43. The number of aromatic nitrogens is 1. The van der Waals surface area contributed by atoms with Crippen LogP contribution in [0.25, 0.3) is 0 Å². The lowest BCUT2D eigenvalue weighted by molar-refractivity contribution is 0.371. The minimum absolute atomic E-state index is 0.691. The standard InChI is InChI=1S/C21H30N6/c1-4-22-21(24-17-18-8-10-19(11-9-18)25(2)3)27-15-13-26(14-16-27)20-7-5-6-12-23-20/h5-12H,4,13-17H2,1-3H3,(H,22,24). The van der Waals surface area contributed by atoms with Gasteiger partial charge in [0.1, 0.15) is 5.82 Å². The molecule has 1 aromatic heterocycles. The lowest BCUT2D eigenvalue weighted by atomic mass is 10.2. The number of nitrogens with zero attached hydrogens (tertiary/aromatic N) is 5. The second kappa shape index (κ2) is 9.26. The number of hydrogen-bond acceptors (Lipinski definition) is 4. The Bertz CT molecular complexity index is 718. The summed E-state index contributed by atoms with van der Waals surface area (Å²) in [5, 5.41) is 3.44. The number of anilines is 2. The lowest BCUT2D eigenvalue weighted by Crippen LogP contribution is -2.52. The van der Waals surface area contributed by atoms with Gasteiger partial charge in [0.25, 0.3) is 0 Å². The molecular formula is C21H30N6. The van der Waals surface area contributed by atoms with Gasteiger partial charge in [-0.3, -0.25) is 0 Å². The highest BCUT2D eigenvalue weighted by molar-refractivity contribution is 5.80. The maximum absolute atomic E-state index is 4.86. The molecule has 1 aliphatic rings. The monoisotopic (exact) mass is 366 g/mol.